The first-order chi connectivity index (χ1) is 14.5. The number of thioether (sulfide) groups is 1. The van der Waals surface area contributed by atoms with Crippen LogP contribution in [0.4, 0.5) is 13.2 Å². The molecule has 3 heterocycles. The van der Waals surface area contributed by atoms with E-state index in [0.29, 0.717) is 16.0 Å². The molecule has 1 N–H and O–H groups in total. The standard InChI is InChI=1S/C19H22F3N3O4S2/c1-10-6-12-15(31-10)7-13(24(12)9-19(20,21)22)18(28)25-11(2)30-8-14(25)17(27)23-5-4-16(26)29-3/h6-7,11,14H,4-5,8-9H2,1-3H3,(H,23,27). The number of nitrogens with zero attached hydrogens (tertiary/aromatic N) is 2. The van der Waals surface area contributed by atoms with Gasteiger partial charge in [-0.15, -0.1) is 23.1 Å². The molecule has 1 aliphatic rings. The maximum atomic E-state index is 13.3. The van der Waals surface area contributed by atoms with Gasteiger partial charge in [0.1, 0.15) is 18.3 Å². The molecular formula is C19H22F3N3O4S2. The van der Waals surface area contributed by atoms with Crippen molar-refractivity contribution in [1.29, 1.82) is 0 Å². The third kappa shape index (κ3) is 5.17. The molecule has 2 amide bonds. The number of halogens is 3. The molecule has 1 saturated heterocycles. The van der Waals surface area contributed by atoms with Crippen molar-refractivity contribution in [2.24, 2.45) is 0 Å². The average molecular weight is 478 g/mol. The number of hydrogen-bond acceptors (Lipinski definition) is 6. The minimum absolute atomic E-state index is 0.0182. The monoisotopic (exact) mass is 477 g/mol. The van der Waals surface area contributed by atoms with Crippen molar-refractivity contribution in [2.45, 2.75) is 44.4 Å². The Morgan fingerprint density at radius 3 is 2.65 bits per heavy atom. The summed E-state index contributed by atoms with van der Waals surface area (Å²) in [5.41, 5.74) is 0.252. The van der Waals surface area contributed by atoms with Crippen LogP contribution in [0.15, 0.2) is 12.1 Å². The smallest absolute Gasteiger partial charge is 0.406 e. The van der Waals surface area contributed by atoms with Crippen molar-refractivity contribution < 1.29 is 32.3 Å². The first-order valence-electron chi connectivity index (χ1n) is 9.47. The number of methoxy groups -OCH3 is 1. The highest BCUT2D eigenvalue weighted by atomic mass is 32.2. The summed E-state index contributed by atoms with van der Waals surface area (Å²) in [6, 6.07) is 2.24. The van der Waals surface area contributed by atoms with E-state index in [9.17, 15) is 27.6 Å². The van der Waals surface area contributed by atoms with Crippen LogP contribution in [0.5, 0.6) is 0 Å². The topological polar surface area (TPSA) is 80.6 Å². The van der Waals surface area contributed by atoms with Crippen molar-refractivity contribution in [3.05, 3.63) is 22.7 Å². The largest absolute Gasteiger partial charge is 0.469 e. The molecule has 1 fully saturated rings. The molecule has 3 rings (SSSR count). The number of rotatable bonds is 6. The zero-order chi connectivity index (χ0) is 22.9. The Labute approximate surface area is 184 Å². The third-order valence-corrected chi connectivity index (χ3v) is 7.09. The van der Waals surface area contributed by atoms with Crippen molar-refractivity contribution in [3.8, 4) is 0 Å². The maximum absolute atomic E-state index is 13.3. The van der Waals surface area contributed by atoms with Crippen LogP contribution in [0.25, 0.3) is 10.2 Å². The number of fused-ring (bicyclic) bond motifs is 1. The zero-order valence-electron chi connectivity index (χ0n) is 17.1. The fraction of sp³-hybridized carbons (Fsp3) is 0.526. The second-order valence-electron chi connectivity index (χ2n) is 7.12. The van der Waals surface area contributed by atoms with Crippen LogP contribution in [0.3, 0.4) is 0 Å². The Kier molecular flexibility index (Phi) is 6.89. The predicted molar refractivity (Wildman–Crippen MR) is 112 cm³/mol. The molecule has 2 aromatic rings. The Balaban J connectivity index is 1.87. The lowest BCUT2D eigenvalue weighted by Crippen LogP contribution is -2.50. The van der Waals surface area contributed by atoms with Gasteiger partial charge in [0.05, 0.1) is 29.1 Å². The lowest BCUT2D eigenvalue weighted by atomic mass is 10.2. The molecule has 0 saturated carbocycles. The number of aromatic nitrogens is 1. The van der Waals surface area contributed by atoms with Gasteiger partial charge in [-0.3, -0.25) is 14.4 Å². The molecule has 0 bridgehead atoms. The Morgan fingerprint density at radius 2 is 2.00 bits per heavy atom. The van der Waals surface area contributed by atoms with Gasteiger partial charge in [-0.25, -0.2) is 0 Å². The maximum Gasteiger partial charge on any atom is 0.406 e. The normalized spacial score (nSPS) is 19.1. The van der Waals surface area contributed by atoms with Gasteiger partial charge in [0.15, 0.2) is 0 Å². The molecule has 31 heavy (non-hydrogen) atoms. The minimum Gasteiger partial charge on any atom is -0.469 e. The summed E-state index contributed by atoms with van der Waals surface area (Å²) in [6.45, 7) is 2.27. The molecule has 2 unspecified atom stereocenters. The Hall–Kier alpha value is -2.21. The number of aryl methyl sites for hydroxylation is 1. The van der Waals surface area contributed by atoms with Gasteiger partial charge >= 0.3 is 12.1 Å². The number of hydrogen-bond donors (Lipinski definition) is 1. The fourth-order valence-electron chi connectivity index (χ4n) is 3.48. The molecule has 170 valence electrons. The van der Waals surface area contributed by atoms with Gasteiger partial charge in [-0.2, -0.15) is 13.2 Å². The van der Waals surface area contributed by atoms with Crippen molar-refractivity contribution in [1.82, 2.24) is 14.8 Å². The summed E-state index contributed by atoms with van der Waals surface area (Å²) in [5, 5.41) is 2.21. The lowest BCUT2D eigenvalue weighted by Gasteiger charge is -2.27. The SMILES string of the molecule is COC(=O)CCNC(=O)C1CSC(C)N1C(=O)c1cc2sc(C)cc2n1CC(F)(F)F. The number of amides is 2. The molecule has 2 aromatic heterocycles. The quantitative estimate of drug-likeness (QED) is 0.647. The molecule has 7 nitrogen and oxygen atoms in total. The third-order valence-electron chi connectivity index (χ3n) is 4.89. The van der Waals surface area contributed by atoms with Gasteiger partial charge in [-0.1, -0.05) is 0 Å². The highest BCUT2D eigenvalue weighted by Crippen LogP contribution is 2.35. The second-order valence-corrected chi connectivity index (χ2v) is 9.75. The van der Waals surface area contributed by atoms with E-state index in [-0.39, 0.29) is 18.7 Å². The summed E-state index contributed by atoms with van der Waals surface area (Å²) >= 11 is 2.67. The van der Waals surface area contributed by atoms with E-state index in [0.717, 1.165) is 9.44 Å². The Morgan fingerprint density at radius 1 is 1.29 bits per heavy atom. The predicted octanol–water partition coefficient (Wildman–Crippen LogP) is 3.16. The number of esters is 1. The molecular weight excluding hydrogens is 455 g/mol. The van der Waals surface area contributed by atoms with Gasteiger partial charge in [0.25, 0.3) is 5.91 Å². The molecule has 12 heteroatoms. The van der Waals surface area contributed by atoms with Gasteiger partial charge in [-0.05, 0) is 26.0 Å². The Bertz CT molecular complexity index is 1000. The van der Waals surface area contributed by atoms with Crippen LogP contribution < -0.4 is 5.32 Å². The van der Waals surface area contributed by atoms with E-state index in [1.807, 2.05) is 0 Å². The molecule has 0 aromatic carbocycles. The van der Waals surface area contributed by atoms with Crippen LogP contribution in [0.2, 0.25) is 0 Å². The zero-order valence-corrected chi connectivity index (χ0v) is 18.7. The van der Waals surface area contributed by atoms with Crippen LogP contribution in [0, 0.1) is 6.92 Å². The average Bonchev–Trinajstić information content (AvgIpc) is 3.33. The summed E-state index contributed by atoms with van der Waals surface area (Å²) in [7, 11) is 1.24. The van der Waals surface area contributed by atoms with E-state index in [1.165, 1.54) is 41.2 Å². The molecule has 1 aliphatic heterocycles. The number of ether oxygens (including phenoxy) is 1. The van der Waals surface area contributed by atoms with E-state index >= 15 is 0 Å². The molecule has 2 atom stereocenters. The highest BCUT2D eigenvalue weighted by Gasteiger charge is 2.41. The first-order valence-corrected chi connectivity index (χ1v) is 11.3. The van der Waals surface area contributed by atoms with E-state index < -0.39 is 41.9 Å². The van der Waals surface area contributed by atoms with Crippen molar-refractivity contribution >= 4 is 51.1 Å². The van der Waals surface area contributed by atoms with E-state index in [4.69, 9.17) is 0 Å². The number of thiophene rings is 1. The first kappa shape index (κ1) is 23.5. The lowest BCUT2D eigenvalue weighted by molar-refractivity contribution is -0.141. The fourth-order valence-corrected chi connectivity index (χ4v) is 5.62. The number of alkyl halides is 3. The van der Waals surface area contributed by atoms with Crippen LogP contribution in [0.1, 0.15) is 28.7 Å². The van der Waals surface area contributed by atoms with Gasteiger partial charge < -0.3 is 19.5 Å². The van der Waals surface area contributed by atoms with Crippen LogP contribution in [-0.4, -0.2) is 64.3 Å². The molecule has 0 radical (unpaired) electrons. The number of carbonyl (C=O) groups excluding carboxylic acids is 3. The molecule has 0 spiro atoms. The van der Waals surface area contributed by atoms with E-state index in [2.05, 4.69) is 10.1 Å². The number of nitrogens with one attached hydrogen (secondary N) is 1. The van der Waals surface area contributed by atoms with Crippen molar-refractivity contribution in [3.63, 3.8) is 0 Å². The van der Waals surface area contributed by atoms with Crippen LogP contribution >= 0.6 is 23.1 Å². The number of carbonyl (C=O) groups is 3. The summed E-state index contributed by atoms with van der Waals surface area (Å²) in [6.07, 6.45) is -4.53. The minimum atomic E-state index is -4.51. The summed E-state index contributed by atoms with van der Waals surface area (Å²) in [5.74, 6) is -1.26. The molecule has 0 aliphatic carbocycles. The summed E-state index contributed by atoms with van der Waals surface area (Å²) < 4.78 is 45.8. The van der Waals surface area contributed by atoms with Gasteiger partial charge in [0, 0.05) is 17.2 Å². The van der Waals surface area contributed by atoms with E-state index in [1.54, 1.807) is 19.9 Å². The summed E-state index contributed by atoms with van der Waals surface area (Å²) in [4.78, 5) is 39.3. The highest BCUT2D eigenvalue weighted by molar-refractivity contribution is 8.00. The van der Waals surface area contributed by atoms with Gasteiger partial charge in [0.2, 0.25) is 5.91 Å². The van der Waals surface area contributed by atoms with Crippen LogP contribution in [-0.2, 0) is 20.9 Å². The van der Waals surface area contributed by atoms with Crippen molar-refractivity contribution in [2.75, 3.05) is 19.4 Å². The second kappa shape index (κ2) is 9.11.